The molecule has 1 saturated carbocycles. The predicted molar refractivity (Wildman–Crippen MR) is 126 cm³/mol. The number of nitro benzene ring substituents is 1. The van der Waals surface area contributed by atoms with Crippen LogP contribution in [0.3, 0.4) is 0 Å². The average Bonchev–Trinajstić information content (AvgIpc) is 3.24. The molecule has 2 aliphatic rings. The highest BCUT2D eigenvalue weighted by Gasteiger charge is 2.35. The third kappa shape index (κ3) is 5.78. The van der Waals surface area contributed by atoms with Crippen molar-refractivity contribution in [3.05, 3.63) is 69.2 Å². The molecule has 2 fully saturated rings. The van der Waals surface area contributed by atoms with Gasteiger partial charge in [-0.1, -0.05) is 23.7 Å². The smallest absolute Gasteiger partial charge is 0.319 e. The van der Waals surface area contributed by atoms with E-state index in [4.69, 9.17) is 11.6 Å². The Morgan fingerprint density at radius 3 is 2.38 bits per heavy atom. The van der Waals surface area contributed by atoms with Gasteiger partial charge in [-0.05, 0) is 87.4 Å². The fourth-order valence-electron chi connectivity index (χ4n) is 4.99. The summed E-state index contributed by atoms with van der Waals surface area (Å²) in [5.74, 6) is 0.686. The Labute approximate surface area is 193 Å². The van der Waals surface area contributed by atoms with Crippen LogP contribution in [0.4, 0.5) is 16.2 Å². The number of nitro groups is 1. The van der Waals surface area contributed by atoms with Crippen LogP contribution in [0.2, 0.25) is 5.02 Å². The molecule has 2 aromatic rings. The number of anilines is 1. The zero-order valence-corrected chi connectivity index (χ0v) is 18.8. The molecule has 0 aromatic heterocycles. The number of nitrogens with zero attached hydrogens (tertiary/aromatic N) is 2. The second kappa shape index (κ2) is 10.3. The van der Waals surface area contributed by atoms with Crippen molar-refractivity contribution in [3.8, 4) is 0 Å². The topological polar surface area (TPSA) is 87.5 Å². The van der Waals surface area contributed by atoms with Gasteiger partial charge in [0.05, 0.1) is 4.92 Å². The fraction of sp³-hybridized carbons (Fsp3) is 0.458. The predicted octanol–water partition coefficient (Wildman–Crippen LogP) is 5.25. The molecule has 8 heteroatoms. The van der Waals surface area contributed by atoms with E-state index in [-0.39, 0.29) is 17.8 Å². The van der Waals surface area contributed by atoms with Crippen LogP contribution in [0.15, 0.2) is 48.5 Å². The number of carbonyl (C=O) groups excluding carboxylic acids is 1. The molecule has 1 heterocycles. The minimum absolute atomic E-state index is 0.00581. The molecule has 1 aliphatic carbocycles. The highest BCUT2D eigenvalue weighted by molar-refractivity contribution is 6.30. The second-order valence-corrected chi connectivity index (χ2v) is 9.25. The van der Waals surface area contributed by atoms with Gasteiger partial charge in [0.1, 0.15) is 0 Å². The summed E-state index contributed by atoms with van der Waals surface area (Å²) >= 11 is 5.99. The molecular weight excluding hydrogens is 428 g/mol. The first-order chi connectivity index (χ1) is 15.5. The van der Waals surface area contributed by atoms with Crippen molar-refractivity contribution < 1.29 is 9.72 Å². The van der Waals surface area contributed by atoms with Crippen molar-refractivity contribution in [1.82, 2.24) is 10.2 Å². The maximum Gasteiger partial charge on any atom is 0.319 e. The summed E-state index contributed by atoms with van der Waals surface area (Å²) in [6.07, 6.45) is 6.61. The zero-order valence-electron chi connectivity index (χ0n) is 18.0. The van der Waals surface area contributed by atoms with Gasteiger partial charge in [0.15, 0.2) is 0 Å². The number of benzene rings is 2. The van der Waals surface area contributed by atoms with Crippen LogP contribution >= 0.6 is 11.6 Å². The molecule has 7 nitrogen and oxygen atoms in total. The lowest BCUT2D eigenvalue weighted by molar-refractivity contribution is -0.384. The Balaban J connectivity index is 1.26. The molecule has 0 spiro atoms. The minimum atomic E-state index is -0.453. The number of urea groups is 1. The normalized spacial score (nSPS) is 21.9. The number of non-ortho nitro benzene ring substituents is 1. The summed E-state index contributed by atoms with van der Waals surface area (Å²) in [7, 11) is 0. The van der Waals surface area contributed by atoms with Gasteiger partial charge in [0.2, 0.25) is 0 Å². The number of hydrogen-bond acceptors (Lipinski definition) is 4. The molecule has 2 aromatic carbocycles. The summed E-state index contributed by atoms with van der Waals surface area (Å²) in [6, 6.07) is 14.3. The SMILES string of the molecule is O=C(Nc1ccc([N+](=O)[O-])cc1)NC1CCCC1N1CCC(Cc2ccc(Cl)cc2)CC1. The molecular formula is C24H29ClN4O3. The van der Waals surface area contributed by atoms with Crippen LogP contribution in [-0.4, -0.2) is 41.0 Å². The Hall–Kier alpha value is -2.64. The summed E-state index contributed by atoms with van der Waals surface area (Å²) < 4.78 is 0. The van der Waals surface area contributed by atoms with Gasteiger partial charge in [-0.3, -0.25) is 15.0 Å². The van der Waals surface area contributed by atoms with Crippen LogP contribution < -0.4 is 10.6 Å². The zero-order chi connectivity index (χ0) is 22.5. The van der Waals surface area contributed by atoms with E-state index in [1.54, 1.807) is 12.1 Å². The van der Waals surface area contributed by atoms with Crippen molar-refractivity contribution in [2.24, 2.45) is 5.92 Å². The van der Waals surface area contributed by atoms with Gasteiger partial charge >= 0.3 is 6.03 Å². The van der Waals surface area contributed by atoms with Crippen LogP contribution in [0.25, 0.3) is 0 Å². The first-order valence-electron chi connectivity index (χ1n) is 11.3. The molecule has 170 valence electrons. The lowest BCUT2D eigenvalue weighted by Crippen LogP contribution is -2.52. The van der Waals surface area contributed by atoms with E-state index in [2.05, 4.69) is 27.7 Å². The molecule has 1 aliphatic heterocycles. The third-order valence-corrected chi connectivity index (χ3v) is 6.94. The van der Waals surface area contributed by atoms with Crippen LogP contribution in [0.5, 0.6) is 0 Å². The van der Waals surface area contributed by atoms with E-state index in [0.717, 1.165) is 43.8 Å². The molecule has 4 rings (SSSR count). The van der Waals surface area contributed by atoms with E-state index in [1.807, 2.05) is 12.1 Å². The fourth-order valence-corrected chi connectivity index (χ4v) is 5.12. The van der Waals surface area contributed by atoms with Gasteiger partial charge in [-0.25, -0.2) is 4.79 Å². The number of carbonyl (C=O) groups is 1. The third-order valence-electron chi connectivity index (χ3n) is 6.69. The van der Waals surface area contributed by atoms with Gasteiger partial charge in [0.25, 0.3) is 5.69 Å². The standard InChI is InChI=1S/C24H29ClN4O3/c25-19-6-4-17(5-7-19)16-18-12-14-28(15-13-18)23-3-1-2-22(23)27-24(30)26-20-8-10-21(11-9-20)29(31)32/h4-11,18,22-23H,1-3,12-16H2,(H2,26,27,30). The van der Waals surface area contributed by atoms with Crippen LogP contribution in [0, 0.1) is 16.0 Å². The largest absolute Gasteiger partial charge is 0.334 e. The van der Waals surface area contributed by atoms with E-state index in [9.17, 15) is 14.9 Å². The highest BCUT2D eigenvalue weighted by atomic mass is 35.5. The summed E-state index contributed by atoms with van der Waals surface area (Å²) in [5, 5.41) is 17.5. The van der Waals surface area contributed by atoms with Gasteiger partial charge in [0, 0.05) is 34.9 Å². The minimum Gasteiger partial charge on any atom is -0.334 e. The number of halogens is 1. The Morgan fingerprint density at radius 2 is 1.72 bits per heavy atom. The van der Waals surface area contributed by atoms with Crippen LogP contribution in [-0.2, 0) is 6.42 Å². The Morgan fingerprint density at radius 1 is 1.03 bits per heavy atom. The maximum absolute atomic E-state index is 12.5. The van der Waals surface area contributed by atoms with E-state index in [1.165, 1.54) is 30.5 Å². The van der Waals surface area contributed by atoms with Crippen molar-refractivity contribution in [2.45, 2.75) is 50.6 Å². The number of likely N-dealkylation sites (tertiary alicyclic amines) is 1. The van der Waals surface area contributed by atoms with E-state index < -0.39 is 4.92 Å². The molecule has 0 bridgehead atoms. The number of rotatable bonds is 6. The first-order valence-corrected chi connectivity index (χ1v) is 11.7. The second-order valence-electron chi connectivity index (χ2n) is 8.82. The molecule has 2 atom stereocenters. The number of nitrogens with one attached hydrogen (secondary N) is 2. The first kappa shape index (κ1) is 22.6. The summed E-state index contributed by atoms with van der Waals surface area (Å²) in [5.41, 5.74) is 1.90. The maximum atomic E-state index is 12.5. The highest BCUT2D eigenvalue weighted by Crippen LogP contribution is 2.30. The van der Waals surface area contributed by atoms with Crippen molar-refractivity contribution in [2.75, 3.05) is 18.4 Å². The summed E-state index contributed by atoms with van der Waals surface area (Å²) in [6.45, 7) is 2.12. The Kier molecular flexibility index (Phi) is 7.27. The number of amides is 2. The Bertz CT molecular complexity index is 927. The lowest BCUT2D eigenvalue weighted by atomic mass is 9.89. The number of piperidine rings is 1. The molecule has 32 heavy (non-hydrogen) atoms. The molecule has 2 N–H and O–H groups in total. The average molecular weight is 457 g/mol. The monoisotopic (exact) mass is 456 g/mol. The molecule has 0 radical (unpaired) electrons. The van der Waals surface area contributed by atoms with Gasteiger partial charge in [-0.15, -0.1) is 0 Å². The van der Waals surface area contributed by atoms with E-state index in [0.29, 0.717) is 17.6 Å². The number of hydrogen-bond donors (Lipinski definition) is 2. The van der Waals surface area contributed by atoms with Gasteiger partial charge in [-0.2, -0.15) is 0 Å². The molecule has 1 saturated heterocycles. The van der Waals surface area contributed by atoms with Crippen molar-refractivity contribution in [1.29, 1.82) is 0 Å². The van der Waals surface area contributed by atoms with E-state index >= 15 is 0 Å². The van der Waals surface area contributed by atoms with Crippen molar-refractivity contribution >= 4 is 29.0 Å². The summed E-state index contributed by atoms with van der Waals surface area (Å²) in [4.78, 5) is 25.4. The lowest BCUT2D eigenvalue weighted by Gasteiger charge is -2.38. The molecule has 2 amide bonds. The van der Waals surface area contributed by atoms with Crippen LogP contribution in [0.1, 0.15) is 37.7 Å². The van der Waals surface area contributed by atoms with Crippen molar-refractivity contribution in [3.63, 3.8) is 0 Å². The quantitative estimate of drug-likeness (QED) is 0.459. The van der Waals surface area contributed by atoms with Gasteiger partial charge < -0.3 is 10.6 Å². The molecule has 2 unspecified atom stereocenters.